The lowest BCUT2D eigenvalue weighted by atomic mass is 10.3. The molecule has 0 unspecified atom stereocenters. The smallest absolute Gasteiger partial charge is 0.118 e. The standard InChI is InChI=1S/C6H7NOS/c7-4-1-5(8)3-6(9)2-4/h1-3,8-9H,7H2. The predicted octanol–water partition coefficient (Wildman–Crippen LogP) is 1.26. The molecule has 0 aliphatic rings. The summed E-state index contributed by atoms with van der Waals surface area (Å²) in [4.78, 5) is 0.674. The van der Waals surface area contributed by atoms with E-state index in [1.165, 1.54) is 12.1 Å². The topological polar surface area (TPSA) is 46.2 Å². The highest BCUT2D eigenvalue weighted by Crippen LogP contribution is 2.18. The molecule has 1 rings (SSSR count). The monoisotopic (exact) mass is 141 g/mol. The van der Waals surface area contributed by atoms with E-state index in [1.807, 2.05) is 0 Å². The number of benzene rings is 1. The van der Waals surface area contributed by atoms with Crippen LogP contribution in [0.4, 0.5) is 5.69 Å². The maximum atomic E-state index is 8.86. The van der Waals surface area contributed by atoms with Crippen molar-refractivity contribution in [1.82, 2.24) is 0 Å². The minimum absolute atomic E-state index is 0.153. The fourth-order valence-corrected chi connectivity index (χ4v) is 0.899. The predicted molar refractivity (Wildman–Crippen MR) is 39.8 cm³/mol. The van der Waals surface area contributed by atoms with Gasteiger partial charge in [-0.3, -0.25) is 0 Å². The van der Waals surface area contributed by atoms with Crippen molar-refractivity contribution in [3.63, 3.8) is 0 Å². The molecule has 0 fully saturated rings. The zero-order valence-corrected chi connectivity index (χ0v) is 5.60. The molecule has 0 spiro atoms. The summed E-state index contributed by atoms with van der Waals surface area (Å²) >= 11 is 3.98. The Labute approximate surface area is 58.7 Å². The van der Waals surface area contributed by atoms with Crippen molar-refractivity contribution in [2.75, 3.05) is 5.73 Å². The highest BCUT2D eigenvalue weighted by molar-refractivity contribution is 7.80. The zero-order valence-electron chi connectivity index (χ0n) is 4.70. The number of hydrogen-bond donors (Lipinski definition) is 3. The first kappa shape index (κ1) is 6.29. The van der Waals surface area contributed by atoms with E-state index in [4.69, 9.17) is 10.8 Å². The van der Waals surface area contributed by atoms with Crippen LogP contribution in [0, 0.1) is 0 Å². The molecule has 1 aromatic rings. The summed E-state index contributed by atoms with van der Waals surface area (Å²) in [6.45, 7) is 0. The maximum Gasteiger partial charge on any atom is 0.118 e. The Bertz CT molecular complexity index is 174. The Hall–Kier alpha value is -0.830. The average Bonchev–Trinajstić information content (AvgIpc) is 1.59. The van der Waals surface area contributed by atoms with Crippen LogP contribution >= 0.6 is 12.6 Å². The number of thiol groups is 1. The summed E-state index contributed by atoms with van der Waals surface area (Å²) in [5.41, 5.74) is 5.88. The molecule has 0 aliphatic carbocycles. The van der Waals surface area contributed by atoms with E-state index in [1.54, 1.807) is 6.07 Å². The summed E-state index contributed by atoms with van der Waals surface area (Å²) in [5.74, 6) is 0.153. The third-order valence-electron chi connectivity index (χ3n) is 0.925. The fourth-order valence-electron chi connectivity index (χ4n) is 0.618. The molecule has 48 valence electrons. The summed E-state index contributed by atoms with van der Waals surface area (Å²) in [5, 5.41) is 8.86. The van der Waals surface area contributed by atoms with E-state index in [0.717, 1.165) is 0 Å². The second-order valence-corrected chi connectivity index (χ2v) is 2.30. The molecule has 0 radical (unpaired) electrons. The Balaban J connectivity index is 3.17. The Kier molecular flexibility index (Phi) is 1.53. The van der Waals surface area contributed by atoms with Crippen LogP contribution in [-0.2, 0) is 0 Å². The quantitative estimate of drug-likeness (QED) is 0.376. The van der Waals surface area contributed by atoms with Crippen LogP contribution < -0.4 is 5.73 Å². The van der Waals surface area contributed by atoms with E-state index < -0.39 is 0 Å². The third-order valence-corrected chi connectivity index (χ3v) is 1.18. The van der Waals surface area contributed by atoms with Crippen LogP contribution in [0.2, 0.25) is 0 Å². The molecule has 2 nitrogen and oxygen atoms in total. The van der Waals surface area contributed by atoms with Gasteiger partial charge in [0.2, 0.25) is 0 Å². The largest absolute Gasteiger partial charge is 0.508 e. The molecule has 3 N–H and O–H groups in total. The molecule has 0 amide bonds. The summed E-state index contributed by atoms with van der Waals surface area (Å²) < 4.78 is 0. The van der Waals surface area contributed by atoms with Crippen molar-refractivity contribution in [1.29, 1.82) is 0 Å². The SMILES string of the molecule is Nc1cc(O)cc(S)c1. The van der Waals surface area contributed by atoms with Crippen LogP contribution in [0.15, 0.2) is 23.1 Å². The van der Waals surface area contributed by atoms with E-state index in [2.05, 4.69) is 12.6 Å². The first-order valence-electron chi connectivity index (χ1n) is 2.47. The lowest BCUT2D eigenvalue weighted by Crippen LogP contribution is -1.82. The minimum atomic E-state index is 0.153. The van der Waals surface area contributed by atoms with Gasteiger partial charge >= 0.3 is 0 Å². The second-order valence-electron chi connectivity index (χ2n) is 1.78. The van der Waals surface area contributed by atoms with Crippen molar-refractivity contribution in [3.8, 4) is 5.75 Å². The fraction of sp³-hybridized carbons (Fsp3) is 0. The molecule has 1 aromatic carbocycles. The van der Waals surface area contributed by atoms with E-state index in [0.29, 0.717) is 10.6 Å². The first-order valence-corrected chi connectivity index (χ1v) is 2.92. The Morgan fingerprint density at radius 2 is 2.00 bits per heavy atom. The van der Waals surface area contributed by atoms with Crippen LogP contribution in [-0.4, -0.2) is 5.11 Å². The second kappa shape index (κ2) is 2.19. The molecule has 0 saturated carbocycles. The number of hydrogen-bond acceptors (Lipinski definition) is 3. The van der Waals surface area contributed by atoms with E-state index in [9.17, 15) is 0 Å². The maximum absolute atomic E-state index is 8.86. The molecular formula is C6H7NOS. The van der Waals surface area contributed by atoms with Gasteiger partial charge in [-0.1, -0.05) is 0 Å². The first-order chi connectivity index (χ1) is 4.18. The van der Waals surface area contributed by atoms with Gasteiger partial charge in [-0.2, -0.15) is 0 Å². The Morgan fingerprint density at radius 1 is 1.33 bits per heavy atom. The summed E-state index contributed by atoms with van der Waals surface area (Å²) in [6.07, 6.45) is 0. The lowest BCUT2D eigenvalue weighted by Gasteiger charge is -1.95. The van der Waals surface area contributed by atoms with Gasteiger partial charge in [-0.25, -0.2) is 0 Å². The van der Waals surface area contributed by atoms with Crippen molar-refractivity contribution >= 4 is 18.3 Å². The highest BCUT2D eigenvalue weighted by Gasteiger charge is 1.90. The van der Waals surface area contributed by atoms with Crippen LogP contribution in [0.25, 0.3) is 0 Å². The molecule has 0 aliphatic heterocycles. The number of nitrogens with two attached hydrogens (primary N) is 1. The van der Waals surface area contributed by atoms with Gasteiger partial charge in [-0.05, 0) is 12.1 Å². The number of aromatic hydroxyl groups is 1. The van der Waals surface area contributed by atoms with Gasteiger partial charge in [0.15, 0.2) is 0 Å². The number of nitrogen functional groups attached to an aromatic ring is 1. The molecule has 0 atom stereocenters. The zero-order chi connectivity index (χ0) is 6.85. The average molecular weight is 141 g/mol. The number of rotatable bonds is 0. The molecule has 0 heterocycles. The van der Waals surface area contributed by atoms with Gasteiger partial charge in [0.25, 0.3) is 0 Å². The van der Waals surface area contributed by atoms with Crippen molar-refractivity contribution < 1.29 is 5.11 Å². The molecule has 0 saturated heterocycles. The van der Waals surface area contributed by atoms with Gasteiger partial charge in [0.05, 0.1) is 0 Å². The number of anilines is 1. The minimum Gasteiger partial charge on any atom is -0.508 e. The van der Waals surface area contributed by atoms with Gasteiger partial charge in [-0.15, -0.1) is 12.6 Å². The van der Waals surface area contributed by atoms with E-state index in [-0.39, 0.29) is 5.75 Å². The van der Waals surface area contributed by atoms with Crippen molar-refractivity contribution in [2.45, 2.75) is 4.90 Å². The summed E-state index contributed by atoms with van der Waals surface area (Å²) in [7, 11) is 0. The van der Waals surface area contributed by atoms with Gasteiger partial charge < -0.3 is 10.8 Å². The third kappa shape index (κ3) is 1.54. The number of phenolic OH excluding ortho intramolecular Hbond substituents is 1. The highest BCUT2D eigenvalue weighted by atomic mass is 32.1. The molecule has 3 heteroatoms. The van der Waals surface area contributed by atoms with E-state index >= 15 is 0 Å². The molecular weight excluding hydrogens is 134 g/mol. The van der Waals surface area contributed by atoms with Crippen molar-refractivity contribution in [3.05, 3.63) is 18.2 Å². The molecule has 0 aromatic heterocycles. The van der Waals surface area contributed by atoms with Crippen molar-refractivity contribution in [2.24, 2.45) is 0 Å². The molecule has 0 bridgehead atoms. The van der Waals surface area contributed by atoms with Crippen LogP contribution in [0.5, 0.6) is 5.75 Å². The number of phenols is 1. The normalized spacial score (nSPS) is 9.44. The van der Waals surface area contributed by atoms with Crippen LogP contribution in [0.3, 0.4) is 0 Å². The van der Waals surface area contributed by atoms with Crippen LogP contribution in [0.1, 0.15) is 0 Å². The molecule has 9 heavy (non-hydrogen) atoms. The van der Waals surface area contributed by atoms with Gasteiger partial charge in [0, 0.05) is 16.6 Å². The Morgan fingerprint density at radius 3 is 2.44 bits per heavy atom. The summed E-state index contributed by atoms with van der Waals surface area (Å²) in [6, 6.07) is 4.67. The lowest BCUT2D eigenvalue weighted by molar-refractivity contribution is 0.474. The van der Waals surface area contributed by atoms with Gasteiger partial charge in [0.1, 0.15) is 5.75 Å².